The summed E-state index contributed by atoms with van der Waals surface area (Å²) in [6, 6.07) is 10.9. The number of H-pyrrole nitrogens is 1. The molecule has 0 bridgehead atoms. The van der Waals surface area contributed by atoms with Gasteiger partial charge in [0.2, 0.25) is 0 Å². The van der Waals surface area contributed by atoms with Crippen LogP contribution in [0.5, 0.6) is 11.5 Å². The van der Waals surface area contributed by atoms with Gasteiger partial charge in [0.1, 0.15) is 5.82 Å². The zero-order valence-corrected chi connectivity index (χ0v) is 15.9. The molecule has 0 aliphatic rings. The van der Waals surface area contributed by atoms with E-state index in [1.807, 2.05) is 30.3 Å². The first-order valence-corrected chi connectivity index (χ1v) is 8.78. The normalized spacial score (nSPS) is 11.1. The molecular weight excluding hydrogens is 384 g/mol. The molecule has 0 aliphatic heterocycles. The van der Waals surface area contributed by atoms with Crippen molar-refractivity contribution in [2.45, 2.75) is 13.8 Å². The molecule has 1 heterocycles. The highest BCUT2D eigenvalue weighted by Crippen LogP contribution is 2.39. The van der Waals surface area contributed by atoms with Gasteiger partial charge in [-0.25, -0.2) is 4.98 Å². The van der Waals surface area contributed by atoms with Crippen molar-refractivity contribution in [3.63, 3.8) is 0 Å². The van der Waals surface area contributed by atoms with Crippen LogP contribution in [0, 0.1) is 5.92 Å². The Balaban J connectivity index is 2.09. The summed E-state index contributed by atoms with van der Waals surface area (Å²) >= 11 is 3.53. The molecule has 0 saturated heterocycles. The van der Waals surface area contributed by atoms with Crippen molar-refractivity contribution in [2.24, 2.45) is 5.92 Å². The van der Waals surface area contributed by atoms with Crippen molar-refractivity contribution in [3.05, 3.63) is 51.2 Å². The summed E-state index contributed by atoms with van der Waals surface area (Å²) in [5, 5.41) is 0.564. The standard InChI is InChI=1S/C19H19BrN2O3/c1-11(2)10-25-17-14(20)8-12(9-16(17)24-3)18-21-15-7-5-4-6-13(15)19(23)22-18/h4-9,11H,10H2,1-3H3,(H,21,22,23). The number of aromatic nitrogens is 2. The maximum absolute atomic E-state index is 12.3. The van der Waals surface area contributed by atoms with Crippen LogP contribution in [-0.2, 0) is 0 Å². The molecule has 0 aliphatic carbocycles. The molecule has 2 aromatic carbocycles. The van der Waals surface area contributed by atoms with Gasteiger partial charge in [-0.05, 0) is 46.1 Å². The van der Waals surface area contributed by atoms with Gasteiger partial charge in [0, 0.05) is 5.56 Å². The maximum atomic E-state index is 12.3. The van der Waals surface area contributed by atoms with Crippen LogP contribution in [-0.4, -0.2) is 23.7 Å². The van der Waals surface area contributed by atoms with Crippen LogP contribution in [0.3, 0.4) is 0 Å². The first-order chi connectivity index (χ1) is 12.0. The van der Waals surface area contributed by atoms with Gasteiger partial charge in [0.15, 0.2) is 11.5 Å². The van der Waals surface area contributed by atoms with Gasteiger partial charge in [0.05, 0.1) is 29.1 Å². The molecular formula is C19H19BrN2O3. The summed E-state index contributed by atoms with van der Waals surface area (Å²) in [6.45, 7) is 4.75. The molecule has 6 heteroatoms. The fraction of sp³-hybridized carbons (Fsp3) is 0.263. The topological polar surface area (TPSA) is 64.2 Å². The van der Waals surface area contributed by atoms with E-state index in [2.05, 4.69) is 39.7 Å². The number of methoxy groups -OCH3 is 1. The predicted molar refractivity (Wildman–Crippen MR) is 102 cm³/mol. The molecule has 0 fully saturated rings. The van der Waals surface area contributed by atoms with Crippen molar-refractivity contribution in [1.82, 2.24) is 9.97 Å². The van der Waals surface area contributed by atoms with Gasteiger partial charge in [-0.2, -0.15) is 0 Å². The Hall–Kier alpha value is -2.34. The molecule has 3 rings (SSSR count). The molecule has 0 saturated carbocycles. The van der Waals surface area contributed by atoms with Crippen LogP contribution in [0.4, 0.5) is 0 Å². The van der Waals surface area contributed by atoms with Gasteiger partial charge in [-0.1, -0.05) is 26.0 Å². The highest BCUT2D eigenvalue weighted by molar-refractivity contribution is 9.10. The van der Waals surface area contributed by atoms with Crippen LogP contribution in [0.25, 0.3) is 22.3 Å². The number of halogens is 1. The number of rotatable bonds is 5. The number of para-hydroxylation sites is 1. The highest BCUT2D eigenvalue weighted by atomic mass is 79.9. The second-order valence-corrected chi connectivity index (χ2v) is 6.98. The van der Waals surface area contributed by atoms with E-state index >= 15 is 0 Å². The Bertz CT molecular complexity index is 967. The quantitative estimate of drug-likeness (QED) is 0.686. The number of hydrogen-bond acceptors (Lipinski definition) is 4. The van der Waals surface area contributed by atoms with Crippen LogP contribution >= 0.6 is 15.9 Å². The fourth-order valence-electron chi connectivity index (χ4n) is 2.47. The van der Waals surface area contributed by atoms with Crippen molar-refractivity contribution >= 4 is 26.8 Å². The zero-order valence-electron chi connectivity index (χ0n) is 14.3. The molecule has 5 nitrogen and oxygen atoms in total. The molecule has 0 atom stereocenters. The lowest BCUT2D eigenvalue weighted by atomic mass is 10.1. The lowest BCUT2D eigenvalue weighted by Crippen LogP contribution is -2.10. The number of hydrogen-bond donors (Lipinski definition) is 1. The monoisotopic (exact) mass is 402 g/mol. The third kappa shape index (κ3) is 3.69. The van der Waals surface area contributed by atoms with Gasteiger partial charge in [-0.15, -0.1) is 0 Å². The fourth-order valence-corrected chi connectivity index (χ4v) is 3.03. The van der Waals surface area contributed by atoms with E-state index in [9.17, 15) is 4.79 Å². The predicted octanol–water partition coefficient (Wildman–Crippen LogP) is 4.40. The number of benzene rings is 2. The Kier molecular flexibility index (Phi) is 5.08. The van der Waals surface area contributed by atoms with Gasteiger partial charge >= 0.3 is 0 Å². The second kappa shape index (κ2) is 7.27. The summed E-state index contributed by atoms with van der Waals surface area (Å²) in [4.78, 5) is 19.7. The van der Waals surface area contributed by atoms with Gasteiger partial charge in [-0.3, -0.25) is 4.79 Å². The highest BCUT2D eigenvalue weighted by Gasteiger charge is 2.15. The summed E-state index contributed by atoms with van der Waals surface area (Å²) in [7, 11) is 1.59. The maximum Gasteiger partial charge on any atom is 0.259 e. The second-order valence-electron chi connectivity index (χ2n) is 6.13. The number of ether oxygens (including phenoxy) is 2. The number of nitrogens with one attached hydrogen (secondary N) is 1. The summed E-state index contributed by atoms with van der Waals surface area (Å²) in [5.41, 5.74) is 1.22. The molecule has 25 heavy (non-hydrogen) atoms. The minimum atomic E-state index is -0.171. The first-order valence-electron chi connectivity index (χ1n) is 7.99. The van der Waals surface area contributed by atoms with Crippen molar-refractivity contribution in [3.8, 4) is 22.9 Å². The molecule has 0 unspecified atom stereocenters. The Labute approximate surface area is 154 Å². The van der Waals surface area contributed by atoms with Crippen LogP contribution in [0.2, 0.25) is 0 Å². The minimum absolute atomic E-state index is 0.171. The lowest BCUT2D eigenvalue weighted by molar-refractivity contribution is 0.255. The Morgan fingerprint density at radius 3 is 2.72 bits per heavy atom. The Morgan fingerprint density at radius 1 is 1.24 bits per heavy atom. The minimum Gasteiger partial charge on any atom is -0.493 e. The van der Waals surface area contributed by atoms with E-state index in [1.165, 1.54) is 0 Å². The van der Waals surface area contributed by atoms with Crippen molar-refractivity contribution < 1.29 is 9.47 Å². The number of aromatic amines is 1. The van der Waals surface area contributed by atoms with Gasteiger partial charge < -0.3 is 14.5 Å². The van der Waals surface area contributed by atoms with Gasteiger partial charge in [0.25, 0.3) is 5.56 Å². The average Bonchev–Trinajstić information content (AvgIpc) is 2.59. The van der Waals surface area contributed by atoms with E-state index in [4.69, 9.17) is 9.47 Å². The third-order valence-corrected chi connectivity index (χ3v) is 4.27. The van der Waals surface area contributed by atoms with Crippen LogP contribution < -0.4 is 15.0 Å². The van der Waals surface area contributed by atoms with E-state index in [-0.39, 0.29) is 5.56 Å². The molecule has 0 spiro atoms. The largest absolute Gasteiger partial charge is 0.493 e. The smallest absolute Gasteiger partial charge is 0.259 e. The van der Waals surface area contributed by atoms with Crippen LogP contribution in [0.1, 0.15) is 13.8 Å². The summed E-state index contributed by atoms with van der Waals surface area (Å²) in [5.74, 6) is 2.11. The SMILES string of the molecule is COc1cc(-c2nc3ccccc3c(=O)[nH]2)cc(Br)c1OCC(C)C. The third-order valence-electron chi connectivity index (χ3n) is 3.68. The average molecular weight is 403 g/mol. The van der Waals surface area contributed by atoms with E-state index < -0.39 is 0 Å². The van der Waals surface area contributed by atoms with Crippen molar-refractivity contribution in [1.29, 1.82) is 0 Å². The molecule has 0 amide bonds. The summed E-state index contributed by atoms with van der Waals surface area (Å²) in [6.07, 6.45) is 0. The number of nitrogens with zero attached hydrogens (tertiary/aromatic N) is 1. The molecule has 130 valence electrons. The molecule has 0 radical (unpaired) electrons. The molecule has 1 aromatic heterocycles. The summed E-state index contributed by atoms with van der Waals surface area (Å²) < 4.78 is 12.1. The van der Waals surface area contributed by atoms with E-state index in [0.29, 0.717) is 40.8 Å². The first kappa shape index (κ1) is 17.5. The van der Waals surface area contributed by atoms with Crippen LogP contribution in [0.15, 0.2) is 45.7 Å². The molecule has 3 aromatic rings. The Morgan fingerprint density at radius 2 is 2.00 bits per heavy atom. The number of fused-ring (bicyclic) bond motifs is 1. The van der Waals surface area contributed by atoms with Crippen molar-refractivity contribution in [2.75, 3.05) is 13.7 Å². The van der Waals surface area contributed by atoms with E-state index in [1.54, 1.807) is 13.2 Å². The zero-order chi connectivity index (χ0) is 18.0. The lowest BCUT2D eigenvalue weighted by Gasteiger charge is -2.15. The van der Waals surface area contributed by atoms with E-state index in [0.717, 1.165) is 10.0 Å². The molecule has 1 N–H and O–H groups in total.